The summed E-state index contributed by atoms with van der Waals surface area (Å²) in [5, 5.41) is 0.883. The highest BCUT2D eigenvalue weighted by atomic mass is 79.9. The van der Waals surface area contributed by atoms with Gasteiger partial charge in [0, 0.05) is 29.1 Å². The second-order valence-corrected chi connectivity index (χ2v) is 6.80. The molecule has 1 aromatic heterocycles. The third-order valence-corrected chi connectivity index (χ3v) is 5.28. The highest BCUT2D eigenvalue weighted by Gasteiger charge is 2.37. The monoisotopic (exact) mass is 410 g/mol. The van der Waals surface area contributed by atoms with Crippen molar-refractivity contribution in [2.24, 2.45) is 0 Å². The van der Waals surface area contributed by atoms with Crippen molar-refractivity contribution in [1.82, 2.24) is 9.88 Å². The Labute approximate surface area is 158 Å². The molecular weight excluding hydrogens is 396 g/mol. The van der Waals surface area contributed by atoms with Gasteiger partial charge in [0.05, 0.1) is 22.9 Å². The van der Waals surface area contributed by atoms with Crippen molar-refractivity contribution in [2.75, 3.05) is 14.2 Å². The minimum atomic E-state index is -0.341. The molecule has 2 amide bonds. The predicted octanol–water partition coefficient (Wildman–Crippen LogP) is 3.95. The molecule has 0 saturated carbocycles. The van der Waals surface area contributed by atoms with Crippen LogP contribution in [0.25, 0.3) is 27.7 Å². The summed E-state index contributed by atoms with van der Waals surface area (Å²) in [6.07, 6.45) is 0. The van der Waals surface area contributed by atoms with E-state index in [9.17, 15) is 9.59 Å². The molecule has 5 nitrogen and oxygen atoms in total. The van der Waals surface area contributed by atoms with Gasteiger partial charge in [-0.05, 0) is 34.1 Å². The Balaban J connectivity index is 2.05. The van der Waals surface area contributed by atoms with Crippen LogP contribution in [-0.2, 0) is 9.59 Å². The van der Waals surface area contributed by atoms with Gasteiger partial charge >= 0.3 is 0 Å². The smallest absolute Gasteiger partial charge is 0.268 e. The molecule has 1 aliphatic rings. The van der Waals surface area contributed by atoms with Crippen molar-refractivity contribution in [2.45, 2.75) is 0 Å². The van der Waals surface area contributed by atoms with E-state index in [0.29, 0.717) is 16.9 Å². The Morgan fingerprint density at radius 1 is 1.04 bits per heavy atom. The van der Waals surface area contributed by atoms with Crippen molar-refractivity contribution in [3.05, 3.63) is 58.6 Å². The molecule has 0 fully saturated rings. The molecule has 1 N–H and O–H groups in total. The Kier molecular flexibility index (Phi) is 3.92. The largest absolute Gasteiger partial charge is 0.497 e. The number of carbonyl (C=O) groups excluding carboxylic acids is 2. The summed E-state index contributed by atoms with van der Waals surface area (Å²) in [7, 11) is 3.09. The first-order chi connectivity index (χ1) is 12.5. The lowest BCUT2D eigenvalue weighted by atomic mass is 9.98. The molecule has 1 aliphatic heterocycles. The number of nitrogens with one attached hydrogen (secondary N) is 1. The first-order valence-corrected chi connectivity index (χ1v) is 8.80. The van der Waals surface area contributed by atoms with E-state index in [0.717, 1.165) is 27.1 Å². The highest BCUT2D eigenvalue weighted by Crippen LogP contribution is 2.41. The van der Waals surface area contributed by atoms with Gasteiger partial charge in [0.2, 0.25) is 0 Å². The number of nitrogens with zero attached hydrogens (tertiary/aromatic N) is 1. The van der Waals surface area contributed by atoms with Gasteiger partial charge in [-0.3, -0.25) is 14.5 Å². The number of aromatic nitrogens is 1. The number of hydrogen-bond donors (Lipinski definition) is 1. The zero-order valence-electron chi connectivity index (χ0n) is 14.2. The number of likely N-dealkylation sites (N-methyl/N-ethyl adjacent to an activating group) is 1. The van der Waals surface area contributed by atoms with Crippen LogP contribution in [0.1, 0.15) is 5.56 Å². The summed E-state index contributed by atoms with van der Waals surface area (Å²) in [5.74, 6) is 0.0498. The standard InChI is InChI=1S/C20H15BrN2O3/c1-23-19(24)16(17(21)20(23)25)15-13-8-3-4-9-14(13)22-18(15)11-6-5-7-12(10-11)26-2/h3-10,22H,1-2H3. The van der Waals surface area contributed by atoms with Crippen molar-refractivity contribution >= 4 is 44.2 Å². The molecule has 2 heterocycles. The summed E-state index contributed by atoms with van der Waals surface area (Å²) < 4.78 is 5.60. The Hall–Kier alpha value is -2.86. The van der Waals surface area contributed by atoms with E-state index in [-0.39, 0.29) is 16.3 Å². The zero-order valence-corrected chi connectivity index (χ0v) is 15.8. The van der Waals surface area contributed by atoms with E-state index in [4.69, 9.17) is 4.74 Å². The summed E-state index contributed by atoms with van der Waals surface area (Å²) >= 11 is 3.32. The molecule has 0 aliphatic carbocycles. The molecule has 0 radical (unpaired) electrons. The number of rotatable bonds is 3. The van der Waals surface area contributed by atoms with Crippen LogP contribution >= 0.6 is 15.9 Å². The zero-order chi connectivity index (χ0) is 18.4. The van der Waals surface area contributed by atoms with Crippen LogP contribution in [0.5, 0.6) is 5.75 Å². The lowest BCUT2D eigenvalue weighted by molar-refractivity contribution is -0.134. The topological polar surface area (TPSA) is 62.4 Å². The Bertz CT molecular complexity index is 1100. The summed E-state index contributed by atoms with van der Waals surface area (Å²) in [4.78, 5) is 29.5. The van der Waals surface area contributed by atoms with Crippen LogP contribution in [0.15, 0.2) is 53.0 Å². The number of H-pyrrole nitrogens is 1. The number of halogens is 1. The van der Waals surface area contributed by atoms with Crippen LogP contribution in [0.3, 0.4) is 0 Å². The first kappa shape index (κ1) is 16.6. The molecule has 6 heteroatoms. The fraction of sp³-hybridized carbons (Fsp3) is 0.100. The average Bonchev–Trinajstić information content (AvgIpc) is 3.13. The predicted molar refractivity (Wildman–Crippen MR) is 104 cm³/mol. The third-order valence-electron chi connectivity index (χ3n) is 4.54. The van der Waals surface area contributed by atoms with Gasteiger partial charge in [0.1, 0.15) is 5.75 Å². The quantitative estimate of drug-likeness (QED) is 0.664. The van der Waals surface area contributed by atoms with E-state index >= 15 is 0 Å². The number of fused-ring (bicyclic) bond motifs is 1. The van der Waals surface area contributed by atoms with E-state index in [2.05, 4.69) is 20.9 Å². The van der Waals surface area contributed by atoms with Gasteiger partial charge in [-0.2, -0.15) is 0 Å². The van der Waals surface area contributed by atoms with Crippen molar-refractivity contribution < 1.29 is 14.3 Å². The first-order valence-electron chi connectivity index (χ1n) is 8.00. The number of methoxy groups -OCH3 is 1. The van der Waals surface area contributed by atoms with E-state index in [1.54, 1.807) is 7.11 Å². The van der Waals surface area contributed by atoms with Gasteiger partial charge in [0.15, 0.2) is 0 Å². The van der Waals surface area contributed by atoms with E-state index in [1.165, 1.54) is 7.05 Å². The fourth-order valence-corrected chi connectivity index (χ4v) is 3.86. The number of para-hydroxylation sites is 1. The summed E-state index contributed by atoms with van der Waals surface area (Å²) in [6, 6.07) is 15.3. The lowest BCUT2D eigenvalue weighted by Crippen LogP contribution is -2.26. The second kappa shape index (κ2) is 6.14. The van der Waals surface area contributed by atoms with Crippen molar-refractivity contribution in [1.29, 1.82) is 0 Å². The number of ether oxygens (including phenoxy) is 1. The maximum Gasteiger partial charge on any atom is 0.268 e. The summed E-state index contributed by atoms with van der Waals surface area (Å²) in [5.41, 5.74) is 3.62. The maximum atomic E-state index is 12.8. The number of imide groups is 1. The van der Waals surface area contributed by atoms with E-state index in [1.807, 2.05) is 48.5 Å². The molecule has 0 atom stereocenters. The van der Waals surface area contributed by atoms with Crippen LogP contribution < -0.4 is 4.74 Å². The number of carbonyl (C=O) groups is 2. The molecule has 0 saturated heterocycles. The highest BCUT2D eigenvalue weighted by molar-refractivity contribution is 9.12. The van der Waals surface area contributed by atoms with Crippen LogP contribution in [0.4, 0.5) is 0 Å². The Morgan fingerprint density at radius 2 is 1.81 bits per heavy atom. The molecular formula is C20H15BrN2O3. The minimum Gasteiger partial charge on any atom is -0.497 e. The SMILES string of the molecule is COc1cccc(-c2[nH]c3ccccc3c2C2=C(Br)C(=O)N(C)C2=O)c1. The van der Waals surface area contributed by atoms with E-state index < -0.39 is 0 Å². The molecule has 0 spiro atoms. The lowest BCUT2D eigenvalue weighted by Gasteiger charge is -2.09. The van der Waals surface area contributed by atoms with Gasteiger partial charge in [-0.1, -0.05) is 30.3 Å². The Morgan fingerprint density at radius 3 is 2.50 bits per heavy atom. The van der Waals surface area contributed by atoms with Gasteiger partial charge in [-0.25, -0.2) is 0 Å². The molecule has 0 bridgehead atoms. The average molecular weight is 411 g/mol. The van der Waals surface area contributed by atoms with Gasteiger partial charge in [-0.15, -0.1) is 0 Å². The maximum absolute atomic E-state index is 12.8. The third kappa shape index (κ3) is 2.37. The molecule has 0 unspecified atom stereocenters. The molecule has 4 rings (SSSR count). The molecule has 26 heavy (non-hydrogen) atoms. The molecule has 3 aromatic rings. The van der Waals surface area contributed by atoms with Crippen molar-refractivity contribution in [3.63, 3.8) is 0 Å². The normalized spacial score (nSPS) is 14.7. The summed E-state index contributed by atoms with van der Waals surface area (Å²) in [6.45, 7) is 0. The van der Waals surface area contributed by atoms with Crippen LogP contribution in [0.2, 0.25) is 0 Å². The number of benzene rings is 2. The number of amides is 2. The fourth-order valence-electron chi connectivity index (χ4n) is 3.22. The minimum absolute atomic E-state index is 0.277. The number of aromatic amines is 1. The van der Waals surface area contributed by atoms with Gasteiger partial charge in [0.25, 0.3) is 11.8 Å². The van der Waals surface area contributed by atoms with Gasteiger partial charge < -0.3 is 9.72 Å². The van der Waals surface area contributed by atoms with Crippen molar-refractivity contribution in [3.8, 4) is 17.0 Å². The molecule has 130 valence electrons. The molecule has 2 aromatic carbocycles. The van der Waals surface area contributed by atoms with Crippen LogP contribution in [-0.4, -0.2) is 35.9 Å². The number of hydrogen-bond acceptors (Lipinski definition) is 3. The van der Waals surface area contributed by atoms with Crippen LogP contribution in [0, 0.1) is 0 Å². The second-order valence-electron chi connectivity index (χ2n) is 6.01.